The van der Waals surface area contributed by atoms with Crippen LogP contribution in [0.15, 0.2) is 249 Å². The lowest BCUT2D eigenvalue weighted by molar-refractivity contribution is 0.592. The maximum absolute atomic E-state index is 16.0. The van der Waals surface area contributed by atoms with Gasteiger partial charge in [0, 0.05) is 26.7 Å². The molecule has 0 unspecified atom stereocenters. The van der Waals surface area contributed by atoms with Gasteiger partial charge in [-0.15, -0.1) is 0 Å². The Hall–Kier alpha value is -8.10. The number of rotatable bonds is 7. The van der Waals surface area contributed by atoms with E-state index in [9.17, 15) is 0 Å². The van der Waals surface area contributed by atoms with Crippen molar-refractivity contribution in [3.63, 3.8) is 0 Å². The normalized spacial score (nSPS) is 13.0. The molecule has 0 fully saturated rings. The van der Waals surface area contributed by atoms with Crippen LogP contribution in [0.1, 0.15) is 22.3 Å². The summed E-state index contributed by atoms with van der Waals surface area (Å²) in [5, 5.41) is 6.01. The van der Waals surface area contributed by atoms with Crippen LogP contribution in [-0.2, 0) is 9.98 Å². The van der Waals surface area contributed by atoms with E-state index in [2.05, 4.69) is 192 Å². The summed E-state index contributed by atoms with van der Waals surface area (Å²) in [7, 11) is -3.28. The molecular weight excluding hydrogens is 820 g/mol. The van der Waals surface area contributed by atoms with Crippen LogP contribution in [-0.4, -0.2) is 9.38 Å². The average Bonchev–Trinajstić information content (AvgIpc) is 3.94. The monoisotopic (exact) mass is 860 g/mol. The van der Waals surface area contributed by atoms with Crippen molar-refractivity contribution in [1.29, 1.82) is 0 Å². The Morgan fingerprint density at radius 3 is 1.48 bits per heavy atom. The molecule has 2 heterocycles. The molecule has 0 saturated carbocycles. The number of imidazole rings is 1. The van der Waals surface area contributed by atoms with E-state index in [0.29, 0.717) is 0 Å². The first-order valence-corrected chi connectivity index (χ1v) is 24.3. The minimum Gasteiger partial charge on any atom is -0.309 e. The van der Waals surface area contributed by atoms with E-state index in [-0.39, 0.29) is 0 Å². The molecule has 10 aromatic carbocycles. The molecule has 0 bridgehead atoms. The Morgan fingerprint density at radius 1 is 0.364 bits per heavy atom. The van der Waals surface area contributed by atoms with Crippen molar-refractivity contribution in [3.8, 4) is 33.4 Å². The molecule has 13 rings (SSSR count). The SMILES string of the molecule is O=P(c1ccccc1)(c1ccccc1)c1ccc2c(c1)C(c1ccccc1)(c1ccccc1)c1cc(-c3ccc(-c4ccc5c6ccccc6n6c7ccccc7nc6c5c4)cc3)ccc1-2. The third kappa shape index (κ3) is 5.64. The molecule has 0 atom stereocenters. The number of aromatic nitrogens is 2. The number of hydrogen-bond donors (Lipinski definition) is 0. The number of para-hydroxylation sites is 3. The van der Waals surface area contributed by atoms with Crippen LogP contribution in [0.3, 0.4) is 0 Å². The second-order valence-corrected chi connectivity index (χ2v) is 20.1. The number of fused-ring (bicyclic) bond motifs is 11. The molecule has 0 radical (unpaired) electrons. The molecule has 0 amide bonds. The van der Waals surface area contributed by atoms with Crippen molar-refractivity contribution >= 4 is 61.4 Å². The smallest absolute Gasteiger partial charge is 0.171 e. The molecule has 0 saturated heterocycles. The third-order valence-electron chi connectivity index (χ3n) is 13.9. The summed E-state index contributed by atoms with van der Waals surface area (Å²) in [5.74, 6) is 0. The number of hydrogen-bond acceptors (Lipinski definition) is 2. The lowest BCUT2D eigenvalue weighted by atomic mass is 9.67. The van der Waals surface area contributed by atoms with E-state index in [1.165, 1.54) is 33.0 Å². The second-order valence-electron chi connectivity index (χ2n) is 17.4. The van der Waals surface area contributed by atoms with Gasteiger partial charge in [0.2, 0.25) is 0 Å². The summed E-state index contributed by atoms with van der Waals surface area (Å²) in [6.07, 6.45) is 0. The van der Waals surface area contributed by atoms with Gasteiger partial charge in [0.15, 0.2) is 7.14 Å². The molecule has 12 aromatic rings. The standard InChI is InChI=1S/C62H41N2OP/c65-66(48-21-9-3-10-22-48,49-23-11-4-12-24-49)50-35-38-53-52-37-34-45(40-56(52)62(57(53)41-50,46-17-5-1-6-18-46)47-19-7-2-8-20-47)43-31-29-42(30-32-43)44-33-36-51-54-25-13-15-27-59(54)64-60-28-16-14-26-58(60)63-61(64)55(51)39-44/h1-41H. The first-order chi connectivity index (χ1) is 32.6. The summed E-state index contributed by atoms with van der Waals surface area (Å²) in [4.78, 5) is 5.17. The first-order valence-electron chi connectivity index (χ1n) is 22.6. The maximum Gasteiger partial charge on any atom is 0.171 e. The fraction of sp³-hybridized carbons (Fsp3) is 0.0161. The highest BCUT2D eigenvalue weighted by Gasteiger charge is 2.47. The number of pyridine rings is 1. The van der Waals surface area contributed by atoms with E-state index < -0.39 is 12.6 Å². The quantitative estimate of drug-likeness (QED) is 0.118. The minimum absolute atomic E-state index is 0.685. The Labute approximate surface area is 383 Å². The van der Waals surface area contributed by atoms with Gasteiger partial charge in [-0.2, -0.15) is 0 Å². The Kier molecular flexibility index (Phi) is 8.72. The van der Waals surface area contributed by atoms with Gasteiger partial charge in [-0.3, -0.25) is 4.40 Å². The molecule has 66 heavy (non-hydrogen) atoms. The molecule has 3 nitrogen and oxygen atoms in total. The van der Waals surface area contributed by atoms with Gasteiger partial charge in [0.05, 0.1) is 22.0 Å². The highest BCUT2D eigenvalue weighted by molar-refractivity contribution is 7.85. The zero-order chi connectivity index (χ0) is 43.8. The molecular formula is C62H41N2OP. The zero-order valence-corrected chi connectivity index (χ0v) is 36.8. The van der Waals surface area contributed by atoms with Crippen molar-refractivity contribution in [2.45, 2.75) is 5.41 Å². The summed E-state index contributed by atoms with van der Waals surface area (Å²) >= 11 is 0. The van der Waals surface area contributed by atoms with Crippen LogP contribution < -0.4 is 15.9 Å². The molecule has 0 aliphatic heterocycles. The molecule has 1 aliphatic carbocycles. The highest BCUT2D eigenvalue weighted by atomic mass is 31.2. The number of benzene rings is 10. The summed E-state index contributed by atoms with van der Waals surface area (Å²) in [6.45, 7) is 0. The predicted octanol–water partition coefficient (Wildman–Crippen LogP) is 14.1. The van der Waals surface area contributed by atoms with Gasteiger partial charge in [0.25, 0.3) is 0 Å². The lowest BCUT2D eigenvalue weighted by Gasteiger charge is -2.34. The van der Waals surface area contributed by atoms with Crippen molar-refractivity contribution < 1.29 is 4.57 Å². The topological polar surface area (TPSA) is 34.4 Å². The van der Waals surface area contributed by atoms with Crippen LogP contribution in [0.25, 0.3) is 71.7 Å². The third-order valence-corrected chi connectivity index (χ3v) is 17.0. The number of nitrogens with zero attached hydrogens (tertiary/aromatic N) is 2. The van der Waals surface area contributed by atoms with Gasteiger partial charge in [-0.25, -0.2) is 4.98 Å². The molecule has 310 valence electrons. The average molecular weight is 861 g/mol. The lowest BCUT2D eigenvalue weighted by Crippen LogP contribution is -2.31. The molecule has 0 N–H and O–H groups in total. The predicted molar refractivity (Wildman–Crippen MR) is 275 cm³/mol. The molecule has 4 heteroatoms. The Bertz CT molecular complexity index is 3800. The molecule has 0 spiro atoms. The maximum atomic E-state index is 16.0. The van der Waals surface area contributed by atoms with Gasteiger partial charge >= 0.3 is 0 Å². The van der Waals surface area contributed by atoms with Crippen molar-refractivity contribution in [2.75, 3.05) is 0 Å². The molecule has 2 aromatic heterocycles. The second kappa shape index (κ2) is 15.0. The van der Waals surface area contributed by atoms with Crippen molar-refractivity contribution in [3.05, 3.63) is 271 Å². The van der Waals surface area contributed by atoms with Crippen molar-refractivity contribution in [2.24, 2.45) is 0 Å². The largest absolute Gasteiger partial charge is 0.309 e. The van der Waals surface area contributed by atoms with Crippen molar-refractivity contribution in [1.82, 2.24) is 9.38 Å². The minimum atomic E-state index is -3.28. The summed E-state index contributed by atoms with van der Waals surface area (Å²) in [6, 6.07) is 88.1. The van der Waals surface area contributed by atoms with E-state index in [1.807, 2.05) is 60.7 Å². The van der Waals surface area contributed by atoms with Crippen LogP contribution in [0.2, 0.25) is 0 Å². The fourth-order valence-corrected chi connectivity index (χ4v) is 13.6. The van der Waals surface area contributed by atoms with E-state index in [1.54, 1.807) is 0 Å². The first kappa shape index (κ1) is 38.4. The van der Waals surface area contributed by atoms with E-state index in [0.717, 1.165) is 76.9 Å². The Balaban J connectivity index is 0.968. The highest BCUT2D eigenvalue weighted by Crippen LogP contribution is 2.58. The van der Waals surface area contributed by atoms with Gasteiger partial charge in [-0.05, 0) is 97.4 Å². The van der Waals surface area contributed by atoms with E-state index >= 15 is 4.57 Å². The van der Waals surface area contributed by atoms with Crippen LogP contribution in [0, 0.1) is 0 Å². The summed E-state index contributed by atoms with van der Waals surface area (Å²) < 4.78 is 18.3. The van der Waals surface area contributed by atoms with E-state index in [4.69, 9.17) is 4.98 Å². The summed E-state index contributed by atoms with van der Waals surface area (Å²) in [5.41, 5.74) is 15.1. The molecule has 1 aliphatic rings. The van der Waals surface area contributed by atoms with Crippen LogP contribution in [0.5, 0.6) is 0 Å². The van der Waals surface area contributed by atoms with Crippen LogP contribution in [0.4, 0.5) is 0 Å². The van der Waals surface area contributed by atoms with Crippen LogP contribution >= 0.6 is 7.14 Å². The van der Waals surface area contributed by atoms with Gasteiger partial charge < -0.3 is 4.57 Å². The Morgan fingerprint density at radius 2 is 0.848 bits per heavy atom. The van der Waals surface area contributed by atoms with Gasteiger partial charge in [0.1, 0.15) is 5.65 Å². The zero-order valence-electron chi connectivity index (χ0n) is 35.9. The fourth-order valence-electron chi connectivity index (χ4n) is 10.9. The van der Waals surface area contributed by atoms with Gasteiger partial charge in [-0.1, -0.05) is 212 Å².